The zero-order valence-electron chi connectivity index (χ0n) is 28.7. The zero-order chi connectivity index (χ0) is 37.4. The molecule has 6 unspecified atom stereocenters. The van der Waals surface area contributed by atoms with Crippen LogP contribution in [0.5, 0.6) is 11.5 Å². The second-order valence-electron chi connectivity index (χ2n) is 13.9. The Morgan fingerprint density at radius 1 is 0.885 bits per heavy atom. The van der Waals surface area contributed by atoms with Gasteiger partial charge in [-0.2, -0.15) is 0 Å². The number of imide groups is 2. The Labute approximate surface area is 297 Å². The van der Waals surface area contributed by atoms with Gasteiger partial charge in [0.2, 0.25) is 23.6 Å². The van der Waals surface area contributed by atoms with Crippen molar-refractivity contribution in [2.45, 2.75) is 32.6 Å². The number of carbonyl (C=O) groups is 4. The SMILES string of the molecule is CCOc1cc(C2C3=CCC4C(=O)N(c5cc([N+](=O)[O-])c(N(C)C)c([N+](=O)[O-])c5)C(=O)C4C3CC3C(=O)N(c4ccccc4)C(=O)C32C)ccc1O. The van der Waals surface area contributed by atoms with Crippen LogP contribution < -0.4 is 19.4 Å². The molecule has 0 spiro atoms. The van der Waals surface area contributed by atoms with Crippen LogP contribution in [0.1, 0.15) is 38.2 Å². The number of allylic oxidation sites excluding steroid dienone is 2. The summed E-state index contributed by atoms with van der Waals surface area (Å²) in [4.78, 5) is 83.4. The summed E-state index contributed by atoms with van der Waals surface area (Å²) in [6.07, 6.45) is 1.97. The van der Waals surface area contributed by atoms with Gasteiger partial charge >= 0.3 is 11.4 Å². The van der Waals surface area contributed by atoms with Crippen molar-refractivity contribution in [3.05, 3.63) is 98.1 Å². The number of phenolic OH excluding ortho intramolecular Hbond substituents is 1. The Balaban J connectivity index is 1.37. The van der Waals surface area contributed by atoms with Crippen molar-refractivity contribution < 1.29 is 38.9 Å². The van der Waals surface area contributed by atoms with Crippen molar-refractivity contribution in [2.75, 3.05) is 35.4 Å². The number of nitrogens with zero attached hydrogens (tertiary/aromatic N) is 5. The third-order valence-electron chi connectivity index (χ3n) is 11.1. The van der Waals surface area contributed by atoms with Crippen LogP contribution in [0.4, 0.5) is 28.4 Å². The van der Waals surface area contributed by atoms with Crippen LogP contribution in [0.3, 0.4) is 0 Å². The lowest BCUT2D eigenvalue weighted by Crippen LogP contribution is -2.48. The van der Waals surface area contributed by atoms with Gasteiger partial charge in [-0.1, -0.05) is 35.9 Å². The van der Waals surface area contributed by atoms with Crippen LogP contribution in [0, 0.1) is 49.3 Å². The highest BCUT2D eigenvalue weighted by atomic mass is 16.6. The van der Waals surface area contributed by atoms with Gasteiger partial charge in [-0.15, -0.1) is 0 Å². The number of amides is 4. The third-order valence-corrected chi connectivity index (χ3v) is 11.1. The first-order valence-corrected chi connectivity index (χ1v) is 16.8. The number of fused-ring (bicyclic) bond motifs is 4. The van der Waals surface area contributed by atoms with E-state index in [0.717, 1.165) is 17.0 Å². The molecule has 268 valence electrons. The van der Waals surface area contributed by atoms with Gasteiger partial charge in [-0.05, 0) is 62.4 Å². The molecule has 1 saturated carbocycles. The minimum Gasteiger partial charge on any atom is -0.504 e. The molecule has 0 aromatic heterocycles. The van der Waals surface area contributed by atoms with Crippen molar-refractivity contribution in [1.29, 1.82) is 0 Å². The molecule has 0 radical (unpaired) electrons. The quantitative estimate of drug-likeness (QED) is 0.141. The molecule has 2 saturated heterocycles. The van der Waals surface area contributed by atoms with E-state index in [1.807, 2.05) is 6.08 Å². The number of ether oxygens (including phenoxy) is 1. The van der Waals surface area contributed by atoms with Crippen molar-refractivity contribution in [2.24, 2.45) is 29.1 Å². The summed E-state index contributed by atoms with van der Waals surface area (Å²) < 4.78 is 5.69. The van der Waals surface area contributed by atoms with Gasteiger partial charge in [0.15, 0.2) is 17.2 Å². The maximum absolute atomic E-state index is 14.6. The smallest absolute Gasteiger partial charge is 0.301 e. The maximum Gasteiger partial charge on any atom is 0.301 e. The first kappa shape index (κ1) is 34.3. The molecule has 3 aromatic carbocycles. The minimum absolute atomic E-state index is 0.0526. The van der Waals surface area contributed by atoms with Gasteiger partial charge in [-0.3, -0.25) is 39.4 Å². The highest BCUT2D eigenvalue weighted by Crippen LogP contribution is 2.64. The first-order chi connectivity index (χ1) is 24.7. The molecule has 2 aliphatic carbocycles. The molecule has 3 aromatic rings. The Kier molecular flexibility index (Phi) is 8.11. The van der Waals surface area contributed by atoms with Crippen LogP contribution >= 0.6 is 0 Å². The molecule has 6 atom stereocenters. The number of rotatable bonds is 8. The summed E-state index contributed by atoms with van der Waals surface area (Å²) in [7, 11) is 2.82. The summed E-state index contributed by atoms with van der Waals surface area (Å²) in [5.74, 6) is -6.55. The zero-order valence-corrected chi connectivity index (χ0v) is 28.7. The lowest BCUT2D eigenvalue weighted by molar-refractivity contribution is -0.392. The number of anilines is 3. The first-order valence-electron chi connectivity index (χ1n) is 16.8. The van der Waals surface area contributed by atoms with Crippen molar-refractivity contribution in [3.8, 4) is 11.5 Å². The molecule has 4 aliphatic rings. The topological polar surface area (TPSA) is 194 Å². The molecule has 2 heterocycles. The normalized spacial score (nSPS) is 26.5. The highest BCUT2D eigenvalue weighted by Gasteiger charge is 2.67. The van der Waals surface area contributed by atoms with E-state index >= 15 is 0 Å². The van der Waals surface area contributed by atoms with E-state index in [4.69, 9.17) is 4.74 Å². The van der Waals surface area contributed by atoms with Crippen LogP contribution in [-0.4, -0.2) is 59.3 Å². The van der Waals surface area contributed by atoms with Crippen molar-refractivity contribution in [1.82, 2.24) is 0 Å². The number of carbonyl (C=O) groups excluding carboxylic acids is 4. The van der Waals surface area contributed by atoms with Gasteiger partial charge < -0.3 is 14.7 Å². The average Bonchev–Trinajstić information content (AvgIpc) is 3.48. The minimum atomic E-state index is -1.34. The summed E-state index contributed by atoms with van der Waals surface area (Å²) in [6, 6.07) is 15.3. The second kappa shape index (κ2) is 12.3. The number of nitro benzene ring substituents is 2. The van der Waals surface area contributed by atoms with E-state index < -0.39 is 79.9 Å². The summed E-state index contributed by atoms with van der Waals surface area (Å²) in [5.41, 5.74) is -1.58. The standard InChI is InChI=1S/C37H35N5O10/c1-5-52-29-15-19(11-14-28(29)43)31-22-12-13-23-30(24(22)18-25-34(45)40(36(47)37(25,31)2)20-9-7-6-8-10-20)35(46)39(33(23)44)21-16-26(41(48)49)32(38(3)4)27(17-21)42(50)51/h6-12,14-17,23-25,30-31,43H,5,13,18H2,1-4H3. The van der Waals surface area contributed by atoms with Crippen LogP contribution in [-0.2, 0) is 19.2 Å². The van der Waals surface area contributed by atoms with E-state index in [0.29, 0.717) is 16.8 Å². The molecule has 15 nitrogen and oxygen atoms in total. The summed E-state index contributed by atoms with van der Waals surface area (Å²) in [5, 5.41) is 34.8. The van der Waals surface area contributed by atoms with Gasteiger partial charge in [0, 0.05) is 32.1 Å². The van der Waals surface area contributed by atoms with E-state index in [1.54, 1.807) is 56.3 Å². The Morgan fingerprint density at radius 2 is 1.54 bits per heavy atom. The molecule has 4 amide bonds. The number of hydrogen-bond acceptors (Lipinski definition) is 11. The van der Waals surface area contributed by atoms with Crippen molar-refractivity contribution in [3.63, 3.8) is 0 Å². The number of para-hydroxylation sites is 1. The van der Waals surface area contributed by atoms with Crippen LogP contribution in [0.2, 0.25) is 0 Å². The van der Waals surface area contributed by atoms with E-state index in [-0.39, 0.29) is 42.3 Å². The van der Waals surface area contributed by atoms with E-state index in [2.05, 4.69) is 0 Å². The fraction of sp³-hybridized carbons (Fsp3) is 0.351. The monoisotopic (exact) mass is 709 g/mol. The number of nitro groups is 2. The molecule has 52 heavy (non-hydrogen) atoms. The van der Waals surface area contributed by atoms with Crippen molar-refractivity contribution >= 4 is 52.1 Å². The molecule has 7 rings (SSSR count). The Bertz CT molecular complexity index is 2080. The largest absolute Gasteiger partial charge is 0.504 e. The lowest BCUT2D eigenvalue weighted by atomic mass is 9.51. The van der Waals surface area contributed by atoms with Gasteiger partial charge in [0.05, 0.1) is 51.0 Å². The fourth-order valence-corrected chi connectivity index (χ4v) is 8.91. The Hall–Kier alpha value is -6.12. The predicted octanol–water partition coefficient (Wildman–Crippen LogP) is 5.11. The molecule has 0 bridgehead atoms. The van der Waals surface area contributed by atoms with Crippen LogP contribution in [0.25, 0.3) is 0 Å². The van der Waals surface area contributed by atoms with E-state index in [9.17, 15) is 44.5 Å². The molecular formula is C37H35N5O10. The third kappa shape index (κ3) is 4.86. The maximum atomic E-state index is 14.6. The number of phenols is 1. The predicted molar refractivity (Wildman–Crippen MR) is 187 cm³/mol. The van der Waals surface area contributed by atoms with Crippen LogP contribution in [0.15, 0.2) is 72.3 Å². The summed E-state index contributed by atoms with van der Waals surface area (Å²) in [6.45, 7) is 3.74. The number of hydrogen-bond donors (Lipinski definition) is 1. The average molecular weight is 710 g/mol. The number of aromatic hydroxyl groups is 1. The van der Waals surface area contributed by atoms with Gasteiger partial charge in [-0.25, -0.2) is 9.80 Å². The second-order valence-corrected chi connectivity index (χ2v) is 13.9. The molecular weight excluding hydrogens is 674 g/mol. The van der Waals surface area contributed by atoms with Gasteiger partial charge in [0.25, 0.3) is 0 Å². The van der Waals surface area contributed by atoms with E-state index in [1.165, 1.54) is 30.0 Å². The number of benzene rings is 3. The van der Waals surface area contributed by atoms with Gasteiger partial charge in [0.1, 0.15) is 0 Å². The fourth-order valence-electron chi connectivity index (χ4n) is 8.91. The Morgan fingerprint density at radius 3 is 2.13 bits per heavy atom. The summed E-state index contributed by atoms with van der Waals surface area (Å²) >= 11 is 0. The highest BCUT2D eigenvalue weighted by molar-refractivity contribution is 6.25. The molecule has 15 heteroatoms. The molecule has 2 aliphatic heterocycles. The lowest BCUT2D eigenvalue weighted by Gasteiger charge is -2.49. The molecule has 1 N–H and O–H groups in total. The molecule has 3 fully saturated rings.